The van der Waals surface area contributed by atoms with Crippen molar-refractivity contribution in [1.82, 2.24) is 0 Å². The van der Waals surface area contributed by atoms with E-state index in [0.29, 0.717) is 17.9 Å². The standard InChI is InChI=1S/C20H16O3.C13H10O5/c21-19-13-17(23-14-15-7-3-1-4-8-15)11-12-18(19)20(22)16-9-5-2-6-10-16;14-7-1-3-9(11(16)5-7)13(18)10-4-2-8(15)6-12(10)17/h1-13,21H,14H2;1-6,14-17H. The lowest BCUT2D eigenvalue weighted by Gasteiger charge is -2.09. The molecular weight excluding hydrogens is 524 g/mol. The molecule has 0 saturated heterocycles. The maximum atomic E-state index is 12.4. The first kappa shape index (κ1) is 28.3. The maximum Gasteiger partial charge on any atom is 0.200 e. The van der Waals surface area contributed by atoms with Crippen LogP contribution >= 0.6 is 0 Å². The lowest BCUT2D eigenvalue weighted by atomic mass is 10.0. The normalized spacial score (nSPS) is 10.2. The van der Waals surface area contributed by atoms with Crippen molar-refractivity contribution in [2.45, 2.75) is 6.61 Å². The molecule has 0 radical (unpaired) electrons. The van der Waals surface area contributed by atoms with E-state index in [0.717, 1.165) is 17.7 Å². The highest BCUT2D eigenvalue weighted by molar-refractivity contribution is 6.12. The van der Waals surface area contributed by atoms with Gasteiger partial charge in [0.1, 0.15) is 41.1 Å². The van der Waals surface area contributed by atoms with Gasteiger partial charge in [-0.1, -0.05) is 60.7 Å². The number of phenols is 5. The largest absolute Gasteiger partial charge is 0.508 e. The summed E-state index contributed by atoms with van der Waals surface area (Å²) in [5.41, 5.74) is 1.75. The molecule has 0 fully saturated rings. The van der Waals surface area contributed by atoms with Gasteiger partial charge in [0, 0.05) is 23.8 Å². The van der Waals surface area contributed by atoms with Crippen LogP contribution < -0.4 is 4.74 Å². The van der Waals surface area contributed by atoms with E-state index >= 15 is 0 Å². The Labute approximate surface area is 235 Å². The Hall–Kier alpha value is -5.76. The van der Waals surface area contributed by atoms with E-state index in [1.165, 1.54) is 30.3 Å². The van der Waals surface area contributed by atoms with Gasteiger partial charge in [-0.25, -0.2) is 0 Å². The molecule has 0 aromatic heterocycles. The fraction of sp³-hybridized carbons (Fsp3) is 0.0303. The minimum atomic E-state index is -0.606. The lowest BCUT2D eigenvalue weighted by Crippen LogP contribution is -2.02. The van der Waals surface area contributed by atoms with Crippen LogP contribution in [0.4, 0.5) is 0 Å². The number of hydrogen-bond acceptors (Lipinski definition) is 8. The number of aromatic hydroxyl groups is 5. The van der Waals surface area contributed by atoms with Gasteiger partial charge in [0.2, 0.25) is 0 Å². The highest BCUT2D eigenvalue weighted by Crippen LogP contribution is 2.30. The Morgan fingerprint density at radius 2 is 0.976 bits per heavy atom. The minimum absolute atomic E-state index is 0.0474. The second-order valence-electron chi connectivity index (χ2n) is 8.88. The number of carbonyl (C=O) groups excluding carboxylic acids is 2. The van der Waals surface area contributed by atoms with Gasteiger partial charge in [0.15, 0.2) is 11.6 Å². The zero-order valence-electron chi connectivity index (χ0n) is 21.6. The lowest BCUT2D eigenvalue weighted by molar-refractivity contribution is 0.102. The average Bonchev–Trinajstić information content (AvgIpc) is 2.97. The molecule has 5 N–H and O–H groups in total. The third-order valence-electron chi connectivity index (χ3n) is 5.95. The van der Waals surface area contributed by atoms with Crippen molar-refractivity contribution in [2.24, 2.45) is 0 Å². The van der Waals surface area contributed by atoms with Crippen molar-refractivity contribution in [3.63, 3.8) is 0 Å². The van der Waals surface area contributed by atoms with E-state index in [-0.39, 0.29) is 51.2 Å². The molecule has 0 aliphatic heterocycles. The Morgan fingerprint density at radius 1 is 0.512 bits per heavy atom. The van der Waals surface area contributed by atoms with Crippen LogP contribution in [0.1, 0.15) is 37.4 Å². The topological polar surface area (TPSA) is 145 Å². The second-order valence-corrected chi connectivity index (χ2v) is 8.88. The van der Waals surface area contributed by atoms with Crippen LogP contribution in [0.25, 0.3) is 0 Å². The number of phenolic OH excluding ortho intramolecular Hbond substituents is 5. The van der Waals surface area contributed by atoms with Crippen molar-refractivity contribution in [3.05, 3.63) is 143 Å². The monoisotopic (exact) mass is 550 g/mol. The first-order valence-corrected chi connectivity index (χ1v) is 12.4. The molecule has 0 aliphatic rings. The third-order valence-corrected chi connectivity index (χ3v) is 5.95. The molecule has 0 atom stereocenters. The molecule has 0 bridgehead atoms. The molecule has 5 rings (SSSR count). The summed E-state index contributed by atoms with van der Waals surface area (Å²) in [7, 11) is 0. The summed E-state index contributed by atoms with van der Waals surface area (Å²) < 4.78 is 5.64. The highest BCUT2D eigenvalue weighted by atomic mass is 16.5. The van der Waals surface area contributed by atoms with Crippen LogP contribution in [-0.4, -0.2) is 37.1 Å². The van der Waals surface area contributed by atoms with E-state index in [4.69, 9.17) is 14.9 Å². The van der Waals surface area contributed by atoms with Crippen molar-refractivity contribution in [3.8, 4) is 34.5 Å². The smallest absolute Gasteiger partial charge is 0.200 e. The van der Waals surface area contributed by atoms with E-state index in [9.17, 15) is 24.9 Å². The fourth-order valence-electron chi connectivity index (χ4n) is 3.85. The molecule has 0 heterocycles. The molecule has 5 aromatic carbocycles. The molecule has 0 saturated carbocycles. The Bertz CT molecular complexity index is 1610. The van der Waals surface area contributed by atoms with Crippen LogP contribution in [0.15, 0.2) is 115 Å². The molecule has 8 nitrogen and oxygen atoms in total. The van der Waals surface area contributed by atoms with Crippen LogP contribution in [0.5, 0.6) is 34.5 Å². The molecule has 8 heteroatoms. The zero-order chi connectivity index (χ0) is 29.4. The number of ketones is 2. The summed E-state index contributed by atoms with van der Waals surface area (Å²) in [5, 5.41) is 47.5. The molecule has 0 spiro atoms. The molecule has 41 heavy (non-hydrogen) atoms. The third kappa shape index (κ3) is 7.21. The second kappa shape index (κ2) is 12.9. The van der Waals surface area contributed by atoms with Gasteiger partial charge in [-0.3, -0.25) is 9.59 Å². The van der Waals surface area contributed by atoms with E-state index in [1.54, 1.807) is 36.4 Å². The van der Waals surface area contributed by atoms with Gasteiger partial charge >= 0.3 is 0 Å². The van der Waals surface area contributed by atoms with Gasteiger partial charge in [-0.05, 0) is 42.0 Å². The molecular formula is C33H26O8. The van der Waals surface area contributed by atoms with Gasteiger partial charge in [-0.15, -0.1) is 0 Å². The van der Waals surface area contributed by atoms with Crippen LogP contribution in [0, 0.1) is 0 Å². The quantitative estimate of drug-likeness (QED) is 0.157. The van der Waals surface area contributed by atoms with Gasteiger partial charge in [0.05, 0.1) is 16.7 Å². The van der Waals surface area contributed by atoms with E-state index in [2.05, 4.69) is 0 Å². The van der Waals surface area contributed by atoms with Crippen molar-refractivity contribution < 1.29 is 39.9 Å². The summed E-state index contributed by atoms with van der Waals surface area (Å²) in [5.74, 6) is -1.47. The van der Waals surface area contributed by atoms with Crippen LogP contribution in [0.2, 0.25) is 0 Å². The number of hydrogen-bond donors (Lipinski definition) is 5. The molecule has 206 valence electrons. The van der Waals surface area contributed by atoms with E-state index in [1.807, 2.05) is 36.4 Å². The number of rotatable bonds is 7. The molecule has 0 amide bonds. The first-order chi connectivity index (χ1) is 19.7. The SMILES string of the molecule is O=C(c1ccc(O)cc1O)c1ccc(O)cc1O.O=C(c1ccccc1)c1ccc(OCc2ccccc2)cc1O. The predicted molar refractivity (Wildman–Crippen MR) is 152 cm³/mol. The highest BCUT2D eigenvalue weighted by Gasteiger charge is 2.18. The predicted octanol–water partition coefficient (Wildman–Crippen LogP) is 5.94. The minimum Gasteiger partial charge on any atom is -0.508 e. The van der Waals surface area contributed by atoms with Crippen LogP contribution in [0.3, 0.4) is 0 Å². The van der Waals surface area contributed by atoms with Crippen molar-refractivity contribution in [1.29, 1.82) is 0 Å². The summed E-state index contributed by atoms with van der Waals surface area (Å²) >= 11 is 0. The van der Waals surface area contributed by atoms with E-state index < -0.39 is 5.78 Å². The number of benzene rings is 5. The molecule has 5 aromatic rings. The Balaban J connectivity index is 0.000000195. The molecule has 0 aliphatic carbocycles. The van der Waals surface area contributed by atoms with Gasteiger partial charge in [-0.2, -0.15) is 0 Å². The Kier molecular flexibility index (Phi) is 8.86. The fourth-order valence-corrected chi connectivity index (χ4v) is 3.85. The zero-order valence-corrected chi connectivity index (χ0v) is 21.6. The maximum absolute atomic E-state index is 12.4. The van der Waals surface area contributed by atoms with Crippen LogP contribution in [-0.2, 0) is 6.61 Å². The number of ether oxygens (including phenoxy) is 1. The first-order valence-electron chi connectivity index (χ1n) is 12.4. The summed E-state index contributed by atoms with van der Waals surface area (Å²) in [6.07, 6.45) is 0. The summed E-state index contributed by atoms with van der Waals surface area (Å²) in [6, 6.07) is 30.5. The summed E-state index contributed by atoms with van der Waals surface area (Å²) in [6.45, 7) is 0.409. The summed E-state index contributed by atoms with van der Waals surface area (Å²) in [4.78, 5) is 24.4. The van der Waals surface area contributed by atoms with Crippen molar-refractivity contribution >= 4 is 11.6 Å². The number of carbonyl (C=O) groups is 2. The molecule has 0 unspecified atom stereocenters. The van der Waals surface area contributed by atoms with Gasteiger partial charge < -0.3 is 30.3 Å². The Morgan fingerprint density at radius 3 is 1.49 bits per heavy atom. The van der Waals surface area contributed by atoms with Gasteiger partial charge in [0.25, 0.3) is 0 Å². The van der Waals surface area contributed by atoms with Crippen molar-refractivity contribution in [2.75, 3.05) is 0 Å². The average molecular weight is 551 g/mol.